The minimum absolute atomic E-state index is 0.702. The van der Waals surface area contributed by atoms with Gasteiger partial charge in [0.05, 0.1) is 6.61 Å². The number of nitrogens with zero attached hydrogens (tertiary/aromatic N) is 1. The van der Waals surface area contributed by atoms with E-state index in [1.807, 2.05) is 0 Å². The predicted octanol–water partition coefficient (Wildman–Crippen LogP) is 2.03. The maximum absolute atomic E-state index is 5.52. The molecule has 1 aliphatic heterocycles. The summed E-state index contributed by atoms with van der Waals surface area (Å²) in [6, 6.07) is 0. The molecule has 0 amide bonds. The highest BCUT2D eigenvalue weighted by molar-refractivity contribution is 6.17. The van der Waals surface area contributed by atoms with E-state index in [9.17, 15) is 0 Å². The van der Waals surface area contributed by atoms with Gasteiger partial charge >= 0.3 is 0 Å². The molecule has 0 aromatic heterocycles. The molecule has 1 fully saturated rings. The van der Waals surface area contributed by atoms with E-state index in [1.165, 1.54) is 19.3 Å². The minimum Gasteiger partial charge on any atom is -0.299 e. The first kappa shape index (κ1) is 9.30. The number of hydroxylamine groups is 2. The smallest absolute Gasteiger partial charge is 0.0696 e. The third-order valence-corrected chi connectivity index (χ3v) is 2.13. The summed E-state index contributed by atoms with van der Waals surface area (Å²) in [6.07, 6.45) is 4.87. The average molecular weight is 178 g/mol. The minimum atomic E-state index is 0.702. The summed E-state index contributed by atoms with van der Waals surface area (Å²) in [6.45, 7) is 2.98. The third kappa shape index (κ3) is 3.94. The molecular weight excluding hydrogens is 162 g/mol. The summed E-state index contributed by atoms with van der Waals surface area (Å²) < 4.78 is 0. The van der Waals surface area contributed by atoms with Crippen molar-refractivity contribution in [2.45, 2.75) is 25.7 Å². The fraction of sp³-hybridized carbons (Fsp3) is 1.00. The number of hydrogen-bond acceptors (Lipinski definition) is 2. The van der Waals surface area contributed by atoms with Crippen molar-refractivity contribution in [1.29, 1.82) is 0 Å². The topological polar surface area (TPSA) is 12.5 Å². The zero-order valence-electron chi connectivity index (χ0n) is 6.89. The molecule has 0 aliphatic carbocycles. The number of hydrogen-bond donors (Lipinski definition) is 0. The van der Waals surface area contributed by atoms with Gasteiger partial charge in [0.15, 0.2) is 0 Å². The third-order valence-electron chi connectivity index (χ3n) is 1.87. The van der Waals surface area contributed by atoms with Crippen molar-refractivity contribution in [2.75, 3.05) is 25.6 Å². The Bertz CT molecular complexity index is 94.1. The van der Waals surface area contributed by atoms with Crippen molar-refractivity contribution in [3.8, 4) is 0 Å². The average Bonchev–Trinajstić information content (AvgIpc) is 2.07. The number of rotatable bonds is 4. The highest BCUT2D eigenvalue weighted by Crippen LogP contribution is 2.08. The van der Waals surface area contributed by atoms with Crippen LogP contribution < -0.4 is 0 Å². The summed E-state index contributed by atoms with van der Waals surface area (Å²) in [4.78, 5) is 5.47. The van der Waals surface area contributed by atoms with Crippen molar-refractivity contribution in [3.05, 3.63) is 0 Å². The first-order valence-electron chi connectivity index (χ1n) is 4.37. The first-order chi connectivity index (χ1) is 5.43. The van der Waals surface area contributed by atoms with Gasteiger partial charge in [0.25, 0.3) is 0 Å². The Morgan fingerprint density at radius 3 is 2.55 bits per heavy atom. The fourth-order valence-corrected chi connectivity index (χ4v) is 1.35. The Morgan fingerprint density at radius 2 is 1.91 bits per heavy atom. The molecule has 0 bridgehead atoms. The number of alkyl halides is 1. The lowest BCUT2D eigenvalue weighted by Gasteiger charge is -2.25. The summed E-state index contributed by atoms with van der Waals surface area (Å²) >= 11 is 5.52. The van der Waals surface area contributed by atoms with E-state index in [4.69, 9.17) is 16.4 Å². The van der Waals surface area contributed by atoms with Crippen LogP contribution in [0.1, 0.15) is 25.7 Å². The summed E-state index contributed by atoms with van der Waals surface area (Å²) in [5.41, 5.74) is 0. The second kappa shape index (κ2) is 5.81. The van der Waals surface area contributed by atoms with Gasteiger partial charge in [0.2, 0.25) is 0 Å². The van der Waals surface area contributed by atoms with Crippen molar-refractivity contribution < 1.29 is 4.84 Å². The zero-order chi connectivity index (χ0) is 7.94. The van der Waals surface area contributed by atoms with Crippen molar-refractivity contribution in [3.63, 3.8) is 0 Å². The van der Waals surface area contributed by atoms with Crippen LogP contribution in [0, 0.1) is 0 Å². The van der Waals surface area contributed by atoms with Crippen LogP contribution in [-0.4, -0.2) is 30.6 Å². The molecule has 2 nitrogen and oxygen atoms in total. The molecule has 1 saturated heterocycles. The van der Waals surface area contributed by atoms with Gasteiger partial charge in [-0.2, -0.15) is 5.06 Å². The van der Waals surface area contributed by atoms with E-state index in [1.54, 1.807) is 0 Å². The van der Waals surface area contributed by atoms with Gasteiger partial charge in [-0.05, 0) is 19.3 Å². The van der Waals surface area contributed by atoms with Crippen molar-refractivity contribution >= 4 is 11.6 Å². The lowest BCUT2D eigenvalue weighted by atomic mass is 10.2. The molecule has 0 saturated carbocycles. The molecule has 0 unspecified atom stereocenters. The van der Waals surface area contributed by atoms with Gasteiger partial charge in [0, 0.05) is 19.0 Å². The highest BCUT2D eigenvalue weighted by Gasteiger charge is 2.09. The zero-order valence-corrected chi connectivity index (χ0v) is 7.65. The molecule has 0 aromatic carbocycles. The second-order valence-electron chi connectivity index (χ2n) is 2.87. The maximum Gasteiger partial charge on any atom is 0.0696 e. The van der Waals surface area contributed by atoms with Gasteiger partial charge in [-0.1, -0.05) is 6.42 Å². The Hall–Kier alpha value is 0.210. The first-order valence-corrected chi connectivity index (χ1v) is 4.91. The van der Waals surface area contributed by atoms with Gasteiger partial charge in [-0.25, -0.2) is 0 Å². The van der Waals surface area contributed by atoms with Crippen LogP contribution in [0.3, 0.4) is 0 Å². The highest BCUT2D eigenvalue weighted by atomic mass is 35.5. The van der Waals surface area contributed by atoms with Crippen LogP contribution in [0.5, 0.6) is 0 Å². The molecule has 0 spiro atoms. The molecule has 1 aliphatic rings. The quantitative estimate of drug-likeness (QED) is 0.482. The predicted molar refractivity (Wildman–Crippen MR) is 46.7 cm³/mol. The molecule has 1 heterocycles. The fourth-order valence-electron chi connectivity index (χ4n) is 1.24. The lowest BCUT2D eigenvalue weighted by molar-refractivity contribution is -0.167. The number of halogens is 1. The summed E-state index contributed by atoms with van der Waals surface area (Å²) in [7, 11) is 0. The van der Waals surface area contributed by atoms with Crippen molar-refractivity contribution in [2.24, 2.45) is 0 Å². The molecule has 0 N–H and O–H groups in total. The van der Waals surface area contributed by atoms with Crippen LogP contribution >= 0.6 is 11.6 Å². The SMILES string of the molecule is ClCCCON1CCCCC1. The van der Waals surface area contributed by atoms with Crippen LogP contribution in [0.2, 0.25) is 0 Å². The molecule has 11 heavy (non-hydrogen) atoms. The summed E-state index contributed by atoms with van der Waals surface area (Å²) in [5, 5.41) is 2.07. The van der Waals surface area contributed by atoms with E-state index in [0.717, 1.165) is 26.1 Å². The Morgan fingerprint density at radius 1 is 1.18 bits per heavy atom. The van der Waals surface area contributed by atoms with Crippen LogP contribution in [0.25, 0.3) is 0 Å². The second-order valence-corrected chi connectivity index (χ2v) is 3.24. The van der Waals surface area contributed by atoms with Crippen molar-refractivity contribution in [1.82, 2.24) is 5.06 Å². The molecule has 0 radical (unpaired) electrons. The van der Waals surface area contributed by atoms with Gasteiger partial charge in [-0.15, -0.1) is 11.6 Å². The van der Waals surface area contributed by atoms with Crippen LogP contribution in [-0.2, 0) is 4.84 Å². The van der Waals surface area contributed by atoms with Crippen LogP contribution in [0.15, 0.2) is 0 Å². The molecule has 1 rings (SSSR count). The van der Waals surface area contributed by atoms with E-state index < -0.39 is 0 Å². The largest absolute Gasteiger partial charge is 0.299 e. The molecule has 0 aromatic rings. The lowest BCUT2D eigenvalue weighted by Crippen LogP contribution is -2.30. The molecule has 66 valence electrons. The van der Waals surface area contributed by atoms with Gasteiger partial charge in [-0.3, -0.25) is 4.84 Å². The van der Waals surface area contributed by atoms with Gasteiger partial charge in [0.1, 0.15) is 0 Å². The molecular formula is C8H16ClNO. The number of piperidine rings is 1. The standard InChI is InChI=1S/C8H16ClNO/c9-5-4-8-11-10-6-2-1-3-7-10/h1-8H2. The van der Waals surface area contributed by atoms with E-state index >= 15 is 0 Å². The van der Waals surface area contributed by atoms with E-state index in [0.29, 0.717) is 5.88 Å². The maximum atomic E-state index is 5.52. The Kier molecular flexibility index (Phi) is 4.91. The van der Waals surface area contributed by atoms with Gasteiger partial charge < -0.3 is 0 Å². The van der Waals surface area contributed by atoms with Crippen LogP contribution in [0.4, 0.5) is 0 Å². The molecule has 3 heteroatoms. The normalized spacial score (nSPS) is 20.5. The Balaban J connectivity index is 1.96. The van der Waals surface area contributed by atoms with E-state index in [-0.39, 0.29) is 0 Å². The molecule has 0 atom stereocenters. The van der Waals surface area contributed by atoms with E-state index in [2.05, 4.69) is 5.06 Å². The Labute approximate surface area is 73.4 Å². The summed E-state index contributed by atoms with van der Waals surface area (Å²) in [5.74, 6) is 0.702. The monoisotopic (exact) mass is 177 g/mol.